The van der Waals surface area contributed by atoms with Gasteiger partial charge in [-0.2, -0.15) is 5.10 Å². The molecule has 118 valence electrons. The van der Waals surface area contributed by atoms with Crippen LogP contribution in [0.2, 0.25) is 0 Å². The van der Waals surface area contributed by atoms with Crippen molar-refractivity contribution in [3.8, 4) is 0 Å². The molecule has 1 aliphatic rings. The number of nitrogens with zero attached hydrogens (tertiary/aromatic N) is 5. The molecule has 0 saturated heterocycles. The summed E-state index contributed by atoms with van der Waals surface area (Å²) in [6, 6.07) is -0.0602. The SMILES string of the molecule is COCCn1cc2c(n1)[C@@H](NC(=O)c1cnnn1C)CCC2. The molecule has 0 aliphatic heterocycles. The van der Waals surface area contributed by atoms with Crippen LogP contribution in [0.3, 0.4) is 0 Å². The van der Waals surface area contributed by atoms with E-state index in [1.807, 2.05) is 4.68 Å². The third-order valence-corrected chi connectivity index (χ3v) is 3.92. The summed E-state index contributed by atoms with van der Waals surface area (Å²) < 4.78 is 8.45. The van der Waals surface area contributed by atoms with Crippen LogP contribution in [0.15, 0.2) is 12.4 Å². The van der Waals surface area contributed by atoms with Crippen LogP contribution in [0, 0.1) is 0 Å². The number of amides is 1. The second kappa shape index (κ2) is 6.27. The molecule has 0 saturated carbocycles. The predicted molar refractivity (Wildman–Crippen MR) is 78.3 cm³/mol. The minimum absolute atomic E-state index is 0.0602. The second-order valence-corrected chi connectivity index (χ2v) is 5.46. The van der Waals surface area contributed by atoms with E-state index in [0.29, 0.717) is 12.3 Å². The number of ether oxygens (including phenoxy) is 1. The van der Waals surface area contributed by atoms with E-state index in [9.17, 15) is 4.79 Å². The highest BCUT2D eigenvalue weighted by atomic mass is 16.5. The molecule has 8 nitrogen and oxygen atoms in total. The fourth-order valence-electron chi connectivity index (χ4n) is 2.76. The van der Waals surface area contributed by atoms with Gasteiger partial charge in [0.15, 0.2) is 0 Å². The molecular weight excluding hydrogens is 284 g/mol. The van der Waals surface area contributed by atoms with Gasteiger partial charge in [-0.3, -0.25) is 9.48 Å². The average Bonchev–Trinajstić information content (AvgIpc) is 3.11. The summed E-state index contributed by atoms with van der Waals surface area (Å²) in [5.74, 6) is -0.170. The van der Waals surface area contributed by atoms with Crippen LogP contribution in [0.5, 0.6) is 0 Å². The molecule has 0 aromatic carbocycles. The summed E-state index contributed by atoms with van der Waals surface area (Å²) in [7, 11) is 3.38. The van der Waals surface area contributed by atoms with Crippen molar-refractivity contribution in [2.75, 3.05) is 13.7 Å². The van der Waals surface area contributed by atoms with Crippen molar-refractivity contribution in [1.82, 2.24) is 30.1 Å². The minimum atomic E-state index is -0.170. The summed E-state index contributed by atoms with van der Waals surface area (Å²) in [6.07, 6.45) is 6.46. The zero-order valence-electron chi connectivity index (χ0n) is 12.8. The summed E-state index contributed by atoms with van der Waals surface area (Å²) in [6.45, 7) is 1.34. The van der Waals surface area contributed by atoms with Gasteiger partial charge in [-0.25, -0.2) is 4.68 Å². The lowest BCUT2D eigenvalue weighted by atomic mass is 9.93. The Hall–Kier alpha value is -2.22. The van der Waals surface area contributed by atoms with Crippen LogP contribution < -0.4 is 5.32 Å². The third kappa shape index (κ3) is 2.87. The lowest BCUT2D eigenvalue weighted by Crippen LogP contribution is -2.32. The van der Waals surface area contributed by atoms with Gasteiger partial charge >= 0.3 is 0 Å². The van der Waals surface area contributed by atoms with Crippen LogP contribution in [-0.2, 0) is 24.8 Å². The molecule has 0 fully saturated rings. The van der Waals surface area contributed by atoms with Crippen molar-refractivity contribution >= 4 is 5.91 Å². The van der Waals surface area contributed by atoms with Crippen molar-refractivity contribution in [3.63, 3.8) is 0 Å². The molecule has 2 heterocycles. The largest absolute Gasteiger partial charge is 0.383 e. The number of aryl methyl sites for hydroxylation is 2. The smallest absolute Gasteiger partial charge is 0.271 e. The number of rotatable bonds is 5. The maximum absolute atomic E-state index is 12.3. The van der Waals surface area contributed by atoms with Crippen LogP contribution in [0.1, 0.15) is 40.6 Å². The van der Waals surface area contributed by atoms with Crippen LogP contribution in [0.25, 0.3) is 0 Å². The van der Waals surface area contributed by atoms with E-state index in [4.69, 9.17) is 4.74 Å². The minimum Gasteiger partial charge on any atom is -0.383 e. The Morgan fingerprint density at radius 3 is 3.14 bits per heavy atom. The summed E-state index contributed by atoms with van der Waals surface area (Å²) in [4.78, 5) is 12.3. The van der Waals surface area contributed by atoms with Gasteiger partial charge in [0.1, 0.15) is 5.69 Å². The Labute approximate surface area is 128 Å². The molecule has 22 heavy (non-hydrogen) atoms. The molecule has 0 radical (unpaired) electrons. The Balaban J connectivity index is 1.75. The number of fused-ring (bicyclic) bond motifs is 1. The van der Waals surface area contributed by atoms with E-state index < -0.39 is 0 Å². The number of nitrogens with one attached hydrogen (secondary N) is 1. The van der Waals surface area contributed by atoms with E-state index in [-0.39, 0.29) is 11.9 Å². The maximum atomic E-state index is 12.3. The first-order valence-electron chi connectivity index (χ1n) is 7.39. The summed E-state index contributed by atoms with van der Waals surface area (Å²) >= 11 is 0. The van der Waals surface area contributed by atoms with E-state index in [2.05, 4.69) is 26.9 Å². The van der Waals surface area contributed by atoms with Gasteiger partial charge in [0.25, 0.3) is 5.91 Å². The van der Waals surface area contributed by atoms with Gasteiger partial charge in [0.2, 0.25) is 0 Å². The van der Waals surface area contributed by atoms with E-state index in [1.165, 1.54) is 16.4 Å². The second-order valence-electron chi connectivity index (χ2n) is 5.46. The van der Waals surface area contributed by atoms with Gasteiger partial charge in [-0.05, 0) is 24.8 Å². The molecule has 1 aliphatic carbocycles. The number of aromatic nitrogens is 5. The van der Waals surface area contributed by atoms with E-state index in [1.54, 1.807) is 14.2 Å². The molecule has 0 spiro atoms. The van der Waals surface area contributed by atoms with Crippen molar-refractivity contribution < 1.29 is 9.53 Å². The van der Waals surface area contributed by atoms with Crippen LogP contribution in [-0.4, -0.2) is 44.4 Å². The topological polar surface area (TPSA) is 86.9 Å². The zero-order valence-corrected chi connectivity index (χ0v) is 12.8. The van der Waals surface area contributed by atoms with Crippen molar-refractivity contribution in [2.24, 2.45) is 7.05 Å². The van der Waals surface area contributed by atoms with Crippen molar-refractivity contribution in [1.29, 1.82) is 0 Å². The highest BCUT2D eigenvalue weighted by Crippen LogP contribution is 2.28. The molecule has 0 bridgehead atoms. The third-order valence-electron chi connectivity index (χ3n) is 3.92. The van der Waals surface area contributed by atoms with Gasteiger partial charge in [0, 0.05) is 20.4 Å². The Bertz CT molecular complexity index is 662. The van der Waals surface area contributed by atoms with Gasteiger partial charge in [0.05, 0.1) is 31.1 Å². The molecule has 8 heteroatoms. The highest BCUT2D eigenvalue weighted by molar-refractivity contribution is 5.92. The fourth-order valence-corrected chi connectivity index (χ4v) is 2.76. The van der Waals surface area contributed by atoms with Crippen LogP contribution >= 0.6 is 0 Å². The maximum Gasteiger partial charge on any atom is 0.271 e. The lowest BCUT2D eigenvalue weighted by molar-refractivity contribution is 0.0922. The van der Waals surface area contributed by atoms with Gasteiger partial charge < -0.3 is 10.1 Å². The van der Waals surface area contributed by atoms with Crippen LogP contribution in [0.4, 0.5) is 0 Å². The first-order valence-corrected chi connectivity index (χ1v) is 7.39. The first-order chi connectivity index (χ1) is 10.7. The number of carbonyl (C=O) groups is 1. The van der Waals surface area contributed by atoms with Gasteiger partial charge in [-0.1, -0.05) is 5.21 Å². The monoisotopic (exact) mass is 304 g/mol. The first kappa shape index (κ1) is 14.7. The number of methoxy groups -OCH3 is 1. The van der Waals surface area contributed by atoms with E-state index >= 15 is 0 Å². The number of carbonyl (C=O) groups excluding carboxylic acids is 1. The molecule has 0 unspecified atom stereocenters. The Kier molecular flexibility index (Phi) is 4.19. The standard InChI is InChI=1S/C14H20N6O2/c1-19-12(8-15-18-19)14(21)16-11-5-3-4-10-9-20(6-7-22-2)17-13(10)11/h8-9,11H,3-7H2,1-2H3,(H,16,21)/t11-/m0/s1. The molecule has 3 rings (SSSR count). The summed E-state index contributed by atoms with van der Waals surface area (Å²) in [5.41, 5.74) is 2.62. The number of hydrogen-bond donors (Lipinski definition) is 1. The highest BCUT2D eigenvalue weighted by Gasteiger charge is 2.26. The summed E-state index contributed by atoms with van der Waals surface area (Å²) in [5, 5.41) is 15.2. The lowest BCUT2D eigenvalue weighted by Gasteiger charge is -2.22. The predicted octanol–water partition coefficient (Wildman–Crippen LogP) is 0.465. The molecule has 2 aromatic rings. The van der Waals surface area contributed by atoms with Crippen molar-refractivity contribution in [3.05, 3.63) is 29.3 Å². The molecule has 1 N–H and O–H groups in total. The Morgan fingerprint density at radius 2 is 2.41 bits per heavy atom. The average molecular weight is 304 g/mol. The fraction of sp³-hybridized carbons (Fsp3) is 0.571. The normalized spacial score (nSPS) is 17.3. The molecular formula is C14H20N6O2. The molecule has 2 aromatic heterocycles. The molecule has 1 amide bonds. The Morgan fingerprint density at radius 1 is 1.55 bits per heavy atom. The van der Waals surface area contributed by atoms with Gasteiger partial charge in [-0.15, -0.1) is 5.10 Å². The zero-order chi connectivity index (χ0) is 15.5. The van der Waals surface area contributed by atoms with Crippen molar-refractivity contribution in [2.45, 2.75) is 31.8 Å². The number of hydrogen-bond acceptors (Lipinski definition) is 5. The molecule has 1 atom stereocenters. The quantitative estimate of drug-likeness (QED) is 0.867. The van der Waals surface area contributed by atoms with E-state index in [0.717, 1.165) is 31.5 Å².